The standard InChI is InChI=1S/C16H23BrN2O2/c1-16(2,3)19-9-13-14(17)5-4-6-15(13)21-11-12-10-20-8-7-18-12/h4-6,9,12,18H,7-8,10-11H2,1-3H3/t12-/m0/s1. The van der Waals surface area contributed by atoms with Crippen molar-refractivity contribution < 1.29 is 9.47 Å². The number of aliphatic imine (C=N–C) groups is 1. The van der Waals surface area contributed by atoms with Gasteiger partial charge in [-0.2, -0.15) is 0 Å². The zero-order valence-electron chi connectivity index (χ0n) is 12.9. The molecule has 0 bridgehead atoms. The fourth-order valence-electron chi connectivity index (χ4n) is 1.94. The lowest BCUT2D eigenvalue weighted by atomic mass is 10.1. The highest BCUT2D eigenvalue weighted by molar-refractivity contribution is 9.10. The van der Waals surface area contributed by atoms with E-state index < -0.39 is 0 Å². The molecular weight excluding hydrogens is 332 g/mol. The Balaban J connectivity index is 2.07. The van der Waals surface area contributed by atoms with Crippen LogP contribution in [0.1, 0.15) is 26.3 Å². The molecule has 0 unspecified atom stereocenters. The molecule has 1 saturated heterocycles. The third-order valence-electron chi connectivity index (χ3n) is 3.03. The number of halogens is 1. The zero-order chi connectivity index (χ0) is 15.3. The van der Waals surface area contributed by atoms with Gasteiger partial charge in [0.05, 0.1) is 24.8 Å². The minimum Gasteiger partial charge on any atom is -0.491 e. The Morgan fingerprint density at radius 3 is 2.95 bits per heavy atom. The quantitative estimate of drug-likeness (QED) is 0.845. The molecule has 0 aromatic heterocycles. The first kappa shape index (κ1) is 16.5. The maximum atomic E-state index is 5.96. The summed E-state index contributed by atoms with van der Waals surface area (Å²) in [5.74, 6) is 0.838. The second-order valence-corrected chi connectivity index (χ2v) is 6.97. The molecule has 2 rings (SSSR count). The van der Waals surface area contributed by atoms with Gasteiger partial charge in [0.2, 0.25) is 0 Å². The number of nitrogens with zero attached hydrogens (tertiary/aromatic N) is 1. The van der Waals surface area contributed by atoms with Gasteiger partial charge in [0.25, 0.3) is 0 Å². The SMILES string of the molecule is CC(C)(C)N=Cc1c(Br)cccc1OC[C@@H]1COCCN1. The second-order valence-electron chi connectivity index (χ2n) is 6.12. The summed E-state index contributed by atoms with van der Waals surface area (Å²) in [7, 11) is 0. The molecule has 0 radical (unpaired) electrons. The Hall–Kier alpha value is -0.910. The van der Waals surface area contributed by atoms with Crippen LogP contribution in [0.15, 0.2) is 27.7 Å². The van der Waals surface area contributed by atoms with E-state index in [0.29, 0.717) is 13.2 Å². The number of hydrogen-bond donors (Lipinski definition) is 1. The molecule has 1 atom stereocenters. The van der Waals surface area contributed by atoms with Crippen LogP contribution in [0.2, 0.25) is 0 Å². The topological polar surface area (TPSA) is 42.9 Å². The number of nitrogens with one attached hydrogen (secondary N) is 1. The number of hydrogen-bond acceptors (Lipinski definition) is 4. The molecule has 116 valence electrons. The van der Waals surface area contributed by atoms with Crippen molar-refractivity contribution in [1.82, 2.24) is 5.32 Å². The molecule has 0 aliphatic carbocycles. The van der Waals surface area contributed by atoms with Crippen molar-refractivity contribution in [1.29, 1.82) is 0 Å². The van der Waals surface area contributed by atoms with Gasteiger partial charge in [0, 0.05) is 22.8 Å². The van der Waals surface area contributed by atoms with E-state index in [2.05, 4.69) is 47.0 Å². The number of rotatable bonds is 4. The van der Waals surface area contributed by atoms with Crippen molar-refractivity contribution in [2.45, 2.75) is 32.4 Å². The summed E-state index contributed by atoms with van der Waals surface area (Å²) in [6, 6.07) is 6.18. The number of morpholine rings is 1. The van der Waals surface area contributed by atoms with Crippen molar-refractivity contribution in [3.05, 3.63) is 28.2 Å². The molecule has 4 nitrogen and oxygen atoms in total. The van der Waals surface area contributed by atoms with Crippen LogP contribution in [0.25, 0.3) is 0 Å². The lowest BCUT2D eigenvalue weighted by Crippen LogP contribution is -2.44. The van der Waals surface area contributed by atoms with E-state index in [1.165, 1.54) is 0 Å². The number of benzene rings is 1. The maximum absolute atomic E-state index is 5.96. The van der Waals surface area contributed by atoms with Gasteiger partial charge in [-0.05, 0) is 48.8 Å². The summed E-state index contributed by atoms with van der Waals surface area (Å²) in [4.78, 5) is 4.57. The summed E-state index contributed by atoms with van der Waals surface area (Å²) in [5.41, 5.74) is 0.870. The highest BCUT2D eigenvalue weighted by Gasteiger charge is 2.15. The minimum absolute atomic E-state index is 0.106. The second kappa shape index (κ2) is 7.38. The third-order valence-corrected chi connectivity index (χ3v) is 3.72. The monoisotopic (exact) mass is 354 g/mol. The molecule has 0 saturated carbocycles. The third kappa shape index (κ3) is 5.41. The van der Waals surface area contributed by atoms with E-state index >= 15 is 0 Å². The van der Waals surface area contributed by atoms with Crippen LogP contribution < -0.4 is 10.1 Å². The molecule has 1 aromatic carbocycles. The Bertz CT molecular complexity index is 492. The van der Waals surface area contributed by atoms with E-state index in [9.17, 15) is 0 Å². The molecule has 5 heteroatoms. The molecule has 1 aromatic rings. The average molecular weight is 355 g/mol. The summed E-state index contributed by atoms with van der Waals surface area (Å²) >= 11 is 3.57. The summed E-state index contributed by atoms with van der Waals surface area (Å²) in [6.07, 6.45) is 1.88. The van der Waals surface area contributed by atoms with Crippen molar-refractivity contribution in [2.75, 3.05) is 26.4 Å². The highest BCUT2D eigenvalue weighted by Crippen LogP contribution is 2.26. The fraction of sp³-hybridized carbons (Fsp3) is 0.562. The summed E-state index contributed by atoms with van der Waals surface area (Å²) < 4.78 is 12.4. The van der Waals surface area contributed by atoms with Crippen LogP contribution >= 0.6 is 15.9 Å². The fourth-order valence-corrected chi connectivity index (χ4v) is 2.39. The van der Waals surface area contributed by atoms with Gasteiger partial charge in [0.1, 0.15) is 12.4 Å². The van der Waals surface area contributed by atoms with Crippen LogP contribution in [0.4, 0.5) is 0 Å². The van der Waals surface area contributed by atoms with E-state index in [0.717, 1.165) is 28.9 Å². The predicted molar refractivity (Wildman–Crippen MR) is 89.6 cm³/mol. The minimum atomic E-state index is -0.106. The van der Waals surface area contributed by atoms with E-state index in [1.54, 1.807) is 0 Å². The predicted octanol–water partition coefficient (Wildman–Crippen LogP) is 3.03. The van der Waals surface area contributed by atoms with Crippen LogP contribution in [0.5, 0.6) is 5.75 Å². The van der Waals surface area contributed by atoms with Crippen molar-refractivity contribution in [3.8, 4) is 5.75 Å². The molecule has 21 heavy (non-hydrogen) atoms. The first-order chi connectivity index (χ1) is 9.96. The van der Waals surface area contributed by atoms with Gasteiger partial charge in [-0.25, -0.2) is 0 Å². The van der Waals surface area contributed by atoms with Crippen LogP contribution in [0, 0.1) is 0 Å². The van der Waals surface area contributed by atoms with Crippen molar-refractivity contribution in [2.24, 2.45) is 4.99 Å². The number of ether oxygens (including phenoxy) is 2. The summed E-state index contributed by atoms with van der Waals surface area (Å²) in [6.45, 7) is 9.16. The molecule has 1 N–H and O–H groups in total. The Morgan fingerprint density at radius 2 is 2.29 bits per heavy atom. The van der Waals surface area contributed by atoms with E-state index in [4.69, 9.17) is 9.47 Å². The molecule has 1 fully saturated rings. The smallest absolute Gasteiger partial charge is 0.129 e. The first-order valence-electron chi connectivity index (χ1n) is 7.23. The van der Waals surface area contributed by atoms with Gasteiger partial charge in [0.15, 0.2) is 0 Å². The van der Waals surface area contributed by atoms with Crippen LogP contribution in [-0.4, -0.2) is 44.2 Å². The van der Waals surface area contributed by atoms with Gasteiger partial charge in [-0.1, -0.05) is 6.07 Å². The van der Waals surface area contributed by atoms with Crippen LogP contribution in [0.3, 0.4) is 0 Å². The lowest BCUT2D eigenvalue weighted by Gasteiger charge is -2.24. The highest BCUT2D eigenvalue weighted by atomic mass is 79.9. The largest absolute Gasteiger partial charge is 0.491 e. The van der Waals surface area contributed by atoms with Gasteiger partial charge >= 0.3 is 0 Å². The maximum Gasteiger partial charge on any atom is 0.129 e. The normalized spacial score (nSPS) is 19.9. The Kier molecular flexibility index (Phi) is 5.79. The van der Waals surface area contributed by atoms with E-state index in [-0.39, 0.29) is 11.6 Å². The molecule has 1 heterocycles. The molecule has 0 spiro atoms. The van der Waals surface area contributed by atoms with Gasteiger partial charge in [-0.3, -0.25) is 4.99 Å². The molecule has 0 amide bonds. The summed E-state index contributed by atoms with van der Waals surface area (Å²) in [5, 5.41) is 3.38. The van der Waals surface area contributed by atoms with Crippen molar-refractivity contribution >= 4 is 22.1 Å². The lowest BCUT2D eigenvalue weighted by molar-refractivity contribution is 0.0592. The molecular formula is C16H23BrN2O2. The molecule has 1 aliphatic rings. The Labute approximate surface area is 135 Å². The average Bonchev–Trinajstić information content (AvgIpc) is 2.44. The van der Waals surface area contributed by atoms with E-state index in [1.807, 2.05) is 24.4 Å². The van der Waals surface area contributed by atoms with Gasteiger partial charge < -0.3 is 14.8 Å². The zero-order valence-corrected chi connectivity index (χ0v) is 14.4. The van der Waals surface area contributed by atoms with Gasteiger partial charge in [-0.15, -0.1) is 0 Å². The van der Waals surface area contributed by atoms with Crippen molar-refractivity contribution in [3.63, 3.8) is 0 Å². The molecule has 1 aliphatic heterocycles. The first-order valence-corrected chi connectivity index (χ1v) is 8.03. The Morgan fingerprint density at radius 1 is 1.48 bits per heavy atom. The van der Waals surface area contributed by atoms with Crippen LogP contribution in [-0.2, 0) is 4.74 Å².